The Morgan fingerprint density at radius 1 is 0.800 bits per heavy atom. The maximum absolute atomic E-state index is 13.6. The Hall–Kier alpha value is -4.46. The minimum absolute atomic E-state index is 0.0145. The Morgan fingerprint density at radius 3 is 2.00 bits per heavy atom. The molecule has 8 nitrogen and oxygen atoms in total. The second kappa shape index (κ2) is 11.3. The molecule has 1 aliphatic rings. The van der Waals surface area contributed by atoms with Crippen LogP contribution in [0.5, 0.6) is 23.0 Å². The lowest BCUT2D eigenvalue weighted by Crippen LogP contribution is -2.29. The highest BCUT2D eigenvalue weighted by Gasteiger charge is 2.46. The third-order valence-electron chi connectivity index (χ3n) is 7.05. The van der Waals surface area contributed by atoms with Gasteiger partial charge in [-0.25, -0.2) is 0 Å². The fourth-order valence-electron chi connectivity index (χ4n) is 4.95. The highest BCUT2D eigenvalue weighted by Crippen LogP contribution is 2.42. The lowest BCUT2D eigenvalue weighted by atomic mass is 9.84. The van der Waals surface area contributed by atoms with Crippen LogP contribution in [-0.4, -0.2) is 50.1 Å². The molecule has 1 N–H and O–H groups in total. The number of nitrogens with zero attached hydrogens (tertiary/aromatic N) is 1. The zero-order valence-corrected chi connectivity index (χ0v) is 23.9. The second-order valence-corrected chi connectivity index (χ2v) is 10.6. The van der Waals surface area contributed by atoms with Crippen LogP contribution < -0.4 is 18.9 Å². The minimum atomic E-state index is -0.834. The molecule has 40 heavy (non-hydrogen) atoms. The van der Waals surface area contributed by atoms with Crippen LogP contribution in [0.3, 0.4) is 0 Å². The highest BCUT2D eigenvalue weighted by atomic mass is 16.5. The molecule has 0 bridgehead atoms. The van der Waals surface area contributed by atoms with Gasteiger partial charge in [0.05, 0.1) is 40.1 Å². The van der Waals surface area contributed by atoms with E-state index in [1.807, 2.05) is 26.8 Å². The van der Waals surface area contributed by atoms with Gasteiger partial charge in [-0.3, -0.25) is 9.59 Å². The molecular formula is C32H35NO7. The minimum Gasteiger partial charge on any atom is -0.507 e. The zero-order valence-electron chi connectivity index (χ0n) is 23.9. The average Bonchev–Trinajstić information content (AvgIpc) is 3.20. The van der Waals surface area contributed by atoms with E-state index < -0.39 is 17.7 Å². The molecule has 0 radical (unpaired) electrons. The number of ether oxygens (including phenoxy) is 4. The highest BCUT2D eigenvalue weighted by molar-refractivity contribution is 6.46. The molecule has 0 aliphatic carbocycles. The predicted octanol–water partition coefficient (Wildman–Crippen LogP) is 5.64. The van der Waals surface area contributed by atoms with Crippen molar-refractivity contribution >= 4 is 17.4 Å². The van der Waals surface area contributed by atoms with Crippen LogP contribution in [0.25, 0.3) is 5.76 Å². The number of aliphatic hydroxyl groups is 1. The molecule has 0 aromatic heterocycles. The maximum Gasteiger partial charge on any atom is 0.295 e. The summed E-state index contributed by atoms with van der Waals surface area (Å²) in [4.78, 5) is 28.5. The van der Waals surface area contributed by atoms with Gasteiger partial charge in [0.1, 0.15) is 17.3 Å². The number of likely N-dealkylation sites (tertiary alicyclic amines) is 1. The fourth-order valence-corrected chi connectivity index (χ4v) is 4.95. The van der Waals surface area contributed by atoms with Crippen molar-refractivity contribution in [1.29, 1.82) is 0 Å². The summed E-state index contributed by atoms with van der Waals surface area (Å²) >= 11 is 0. The number of benzene rings is 3. The Bertz CT molecular complexity index is 1450. The monoisotopic (exact) mass is 545 g/mol. The zero-order chi connectivity index (χ0) is 29.2. The molecule has 1 heterocycles. The Labute approximate surface area is 234 Å². The van der Waals surface area contributed by atoms with Crippen molar-refractivity contribution in [3.05, 3.63) is 88.5 Å². The molecule has 3 aromatic rings. The number of rotatable bonds is 8. The molecule has 1 atom stereocenters. The molecule has 1 saturated heterocycles. The van der Waals surface area contributed by atoms with E-state index in [4.69, 9.17) is 18.9 Å². The van der Waals surface area contributed by atoms with E-state index in [-0.39, 0.29) is 23.3 Å². The van der Waals surface area contributed by atoms with E-state index in [1.54, 1.807) is 75.9 Å². The number of Topliss-reactive ketones (excluding diaryl/α,β-unsaturated/α-hetero) is 1. The largest absolute Gasteiger partial charge is 0.507 e. The van der Waals surface area contributed by atoms with Crippen LogP contribution in [-0.2, 0) is 21.5 Å². The first-order chi connectivity index (χ1) is 19.0. The number of carbonyl (C=O) groups is 2. The van der Waals surface area contributed by atoms with E-state index in [2.05, 4.69) is 0 Å². The standard InChI is InChI=1S/C32H35NO7/c1-32(2,3)23-17-21(11-15-24(23)38-5)29(34)27-28(20-9-12-22(37-4)13-10-20)33(31(36)30(27)35)18-19-8-14-25(39-6)26(16-19)40-7/h8-17,28,34H,18H2,1-7H3/b29-27-. The van der Waals surface area contributed by atoms with Gasteiger partial charge in [0.15, 0.2) is 11.5 Å². The molecule has 8 heteroatoms. The van der Waals surface area contributed by atoms with E-state index >= 15 is 0 Å². The van der Waals surface area contributed by atoms with Gasteiger partial charge in [0.2, 0.25) is 0 Å². The van der Waals surface area contributed by atoms with Crippen molar-refractivity contribution in [2.24, 2.45) is 0 Å². The summed E-state index contributed by atoms with van der Waals surface area (Å²) in [5.41, 5.74) is 2.40. The van der Waals surface area contributed by atoms with Gasteiger partial charge in [-0.2, -0.15) is 0 Å². The number of carbonyl (C=O) groups excluding carboxylic acids is 2. The van der Waals surface area contributed by atoms with Gasteiger partial charge in [0, 0.05) is 17.7 Å². The lowest BCUT2D eigenvalue weighted by Gasteiger charge is -2.26. The van der Waals surface area contributed by atoms with Crippen molar-refractivity contribution < 1.29 is 33.6 Å². The van der Waals surface area contributed by atoms with Crippen LogP contribution in [0.15, 0.2) is 66.2 Å². The molecule has 0 spiro atoms. The first-order valence-electron chi connectivity index (χ1n) is 12.9. The first-order valence-corrected chi connectivity index (χ1v) is 12.9. The van der Waals surface area contributed by atoms with Crippen molar-refractivity contribution in [3.63, 3.8) is 0 Å². The predicted molar refractivity (Wildman–Crippen MR) is 152 cm³/mol. The van der Waals surface area contributed by atoms with E-state index in [9.17, 15) is 14.7 Å². The SMILES string of the molecule is COc1ccc(C2/C(=C(/O)c3ccc(OC)c(C(C)(C)C)c3)C(=O)C(=O)N2Cc2ccc(OC)c(OC)c2)cc1. The van der Waals surface area contributed by atoms with Crippen LogP contribution in [0.4, 0.5) is 0 Å². The molecule has 0 saturated carbocycles. The van der Waals surface area contributed by atoms with Crippen LogP contribution in [0.2, 0.25) is 0 Å². The molecular weight excluding hydrogens is 510 g/mol. The van der Waals surface area contributed by atoms with Crippen LogP contribution in [0.1, 0.15) is 49.1 Å². The number of ketones is 1. The molecule has 1 aliphatic heterocycles. The van der Waals surface area contributed by atoms with E-state index in [0.717, 1.165) is 11.1 Å². The van der Waals surface area contributed by atoms with Crippen LogP contribution >= 0.6 is 0 Å². The maximum atomic E-state index is 13.6. The number of hydrogen-bond acceptors (Lipinski definition) is 7. The number of aliphatic hydroxyl groups excluding tert-OH is 1. The molecule has 1 unspecified atom stereocenters. The molecule has 1 fully saturated rings. The average molecular weight is 546 g/mol. The summed E-state index contributed by atoms with van der Waals surface area (Å²) in [5, 5.41) is 11.6. The summed E-state index contributed by atoms with van der Waals surface area (Å²) < 4.78 is 21.6. The quantitative estimate of drug-likeness (QED) is 0.222. The third kappa shape index (κ3) is 5.34. The topological polar surface area (TPSA) is 94.5 Å². The van der Waals surface area contributed by atoms with Gasteiger partial charge in [-0.1, -0.05) is 39.0 Å². The third-order valence-corrected chi connectivity index (χ3v) is 7.05. The van der Waals surface area contributed by atoms with E-state index in [1.165, 1.54) is 12.0 Å². The number of methoxy groups -OCH3 is 4. The summed E-state index contributed by atoms with van der Waals surface area (Å²) in [7, 11) is 6.23. The molecule has 4 rings (SSSR count). The Kier molecular flexibility index (Phi) is 8.09. The molecule has 1 amide bonds. The van der Waals surface area contributed by atoms with E-state index in [0.29, 0.717) is 34.1 Å². The summed E-state index contributed by atoms with van der Waals surface area (Å²) in [5.74, 6) is 0.644. The van der Waals surface area contributed by atoms with Gasteiger partial charge in [0.25, 0.3) is 11.7 Å². The Morgan fingerprint density at radius 2 is 1.43 bits per heavy atom. The Balaban J connectivity index is 1.88. The fraction of sp³-hybridized carbons (Fsp3) is 0.312. The number of amides is 1. The van der Waals surface area contributed by atoms with Crippen molar-refractivity contribution in [1.82, 2.24) is 4.90 Å². The van der Waals surface area contributed by atoms with Gasteiger partial charge < -0.3 is 29.0 Å². The molecule has 210 valence electrons. The summed E-state index contributed by atoms with van der Waals surface area (Å²) in [6.45, 7) is 6.21. The number of hydrogen-bond donors (Lipinski definition) is 1. The summed E-state index contributed by atoms with van der Waals surface area (Å²) in [6, 6.07) is 16.9. The van der Waals surface area contributed by atoms with Crippen LogP contribution in [0, 0.1) is 0 Å². The lowest BCUT2D eigenvalue weighted by molar-refractivity contribution is -0.140. The van der Waals surface area contributed by atoms with Crippen molar-refractivity contribution in [2.45, 2.75) is 38.8 Å². The smallest absolute Gasteiger partial charge is 0.295 e. The second-order valence-electron chi connectivity index (χ2n) is 10.6. The first kappa shape index (κ1) is 28.5. The van der Waals surface area contributed by atoms with Crippen molar-refractivity contribution in [3.8, 4) is 23.0 Å². The normalized spacial score (nSPS) is 16.7. The molecule has 3 aromatic carbocycles. The van der Waals surface area contributed by atoms with Gasteiger partial charge >= 0.3 is 0 Å². The summed E-state index contributed by atoms with van der Waals surface area (Å²) in [6.07, 6.45) is 0. The van der Waals surface area contributed by atoms with Gasteiger partial charge in [-0.05, 0) is 59.0 Å². The van der Waals surface area contributed by atoms with Crippen molar-refractivity contribution in [2.75, 3.05) is 28.4 Å². The van der Waals surface area contributed by atoms with Gasteiger partial charge in [-0.15, -0.1) is 0 Å².